The van der Waals surface area contributed by atoms with Gasteiger partial charge < -0.3 is 9.72 Å². The van der Waals surface area contributed by atoms with E-state index >= 15 is 0 Å². The van der Waals surface area contributed by atoms with Crippen LogP contribution in [0.4, 0.5) is 8.78 Å². The van der Waals surface area contributed by atoms with Crippen LogP contribution < -0.4 is 4.74 Å². The van der Waals surface area contributed by atoms with Crippen LogP contribution in [0.25, 0.3) is 11.0 Å². The second-order valence-electron chi connectivity index (χ2n) is 2.76. The van der Waals surface area contributed by atoms with Crippen LogP contribution in [0.1, 0.15) is 6.92 Å². The summed E-state index contributed by atoms with van der Waals surface area (Å²) in [5, 5.41) is 0. The van der Waals surface area contributed by atoms with Gasteiger partial charge in [0.1, 0.15) is 11.3 Å². The number of imidazole rings is 1. The number of aromatic amines is 1. The Hall–Kier alpha value is -1.65. The molecule has 0 atom stereocenters. The van der Waals surface area contributed by atoms with Crippen LogP contribution in [0.5, 0.6) is 6.01 Å². The Balaban J connectivity index is 2.58. The van der Waals surface area contributed by atoms with Crippen LogP contribution in [-0.4, -0.2) is 16.6 Å². The first-order chi connectivity index (χ1) is 6.70. The summed E-state index contributed by atoms with van der Waals surface area (Å²) in [5.41, 5.74) is 0.390. The lowest BCUT2D eigenvalue weighted by Crippen LogP contribution is -1.92. The van der Waals surface area contributed by atoms with E-state index in [4.69, 9.17) is 4.74 Å². The van der Waals surface area contributed by atoms with Gasteiger partial charge in [0.05, 0.1) is 12.1 Å². The van der Waals surface area contributed by atoms with Crippen LogP contribution in [0, 0.1) is 11.6 Å². The van der Waals surface area contributed by atoms with Crippen molar-refractivity contribution in [2.45, 2.75) is 6.92 Å². The van der Waals surface area contributed by atoms with Crippen LogP contribution in [0.15, 0.2) is 12.1 Å². The molecule has 3 nitrogen and oxygen atoms in total. The molecular formula is C9H8F2N2O. The predicted molar refractivity (Wildman–Crippen MR) is 47.2 cm³/mol. The average molecular weight is 198 g/mol. The third-order valence-corrected chi connectivity index (χ3v) is 1.76. The molecule has 0 bridgehead atoms. The number of hydrogen-bond acceptors (Lipinski definition) is 2. The Labute approximate surface area is 78.7 Å². The molecule has 0 unspecified atom stereocenters. The number of hydrogen-bond donors (Lipinski definition) is 1. The second kappa shape index (κ2) is 3.25. The van der Waals surface area contributed by atoms with Gasteiger partial charge >= 0.3 is 0 Å². The quantitative estimate of drug-likeness (QED) is 0.803. The number of fused-ring (bicyclic) bond motifs is 1. The van der Waals surface area contributed by atoms with Crippen molar-refractivity contribution in [1.82, 2.24) is 9.97 Å². The highest BCUT2D eigenvalue weighted by Crippen LogP contribution is 2.20. The zero-order chi connectivity index (χ0) is 10.1. The molecule has 0 saturated heterocycles. The molecule has 0 spiro atoms. The maximum atomic E-state index is 13.1. The Bertz CT molecular complexity index is 467. The lowest BCUT2D eigenvalue weighted by molar-refractivity contribution is 0.317. The molecule has 1 heterocycles. The summed E-state index contributed by atoms with van der Waals surface area (Å²) in [5.74, 6) is -1.33. The molecule has 2 aromatic rings. The molecular weight excluding hydrogens is 190 g/mol. The molecule has 0 radical (unpaired) electrons. The predicted octanol–water partition coefficient (Wildman–Crippen LogP) is 2.24. The normalized spacial score (nSPS) is 10.8. The number of rotatable bonds is 2. The fraction of sp³-hybridized carbons (Fsp3) is 0.222. The van der Waals surface area contributed by atoms with Gasteiger partial charge in [-0.1, -0.05) is 0 Å². The molecule has 1 aromatic carbocycles. The largest absolute Gasteiger partial charge is 0.465 e. The first kappa shape index (κ1) is 8.93. The fourth-order valence-electron chi connectivity index (χ4n) is 1.22. The van der Waals surface area contributed by atoms with Crippen LogP contribution in [-0.2, 0) is 0 Å². The maximum Gasteiger partial charge on any atom is 0.294 e. The Kier molecular flexibility index (Phi) is 2.07. The van der Waals surface area contributed by atoms with Crippen molar-refractivity contribution in [1.29, 1.82) is 0 Å². The van der Waals surface area contributed by atoms with Gasteiger partial charge in [0.15, 0.2) is 5.82 Å². The summed E-state index contributed by atoms with van der Waals surface area (Å²) < 4.78 is 30.9. The van der Waals surface area contributed by atoms with Gasteiger partial charge in [0.2, 0.25) is 0 Å². The average Bonchev–Trinajstić information content (AvgIpc) is 2.48. The molecule has 0 aliphatic carbocycles. The zero-order valence-corrected chi connectivity index (χ0v) is 7.47. The number of H-pyrrole nitrogens is 1. The van der Waals surface area contributed by atoms with E-state index in [2.05, 4.69) is 9.97 Å². The SMILES string of the molecule is CCOc1nc2c(F)cc(F)cc2[nH]1. The van der Waals surface area contributed by atoms with E-state index in [0.29, 0.717) is 12.1 Å². The number of ether oxygens (including phenoxy) is 1. The van der Waals surface area contributed by atoms with E-state index in [-0.39, 0.29) is 11.5 Å². The number of halogens is 2. The molecule has 0 fully saturated rings. The van der Waals surface area contributed by atoms with Gasteiger partial charge in [0, 0.05) is 6.07 Å². The van der Waals surface area contributed by atoms with Crippen molar-refractivity contribution in [2.24, 2.45) is 0 Å². The third kappa shape index (κ3) is 1.41. The summed E-state index contributed by atoms with van der Waals surface area (Å²) in [7, 11) is 0. The highest BCUT2D eigenvalue weighted by Gasteiger charge is 2.09. The van der Waals surface area contributed by atoms with Gasteiger partial charge in [-0.05, 0) is 13.0 Å². The smallest absolute Gasteiger partial charge is 0.294 e. The minimum Gasteiger partial charge on any atom is -0.465 e. The minimum absolute atomic E-state index is 0.0925. The maximum absolute atomic E-state index is 13.1. The highest BCUT2D eigenvalue weighted by molar-refractivity contribution is 5.76. The molecule has 0 aliphatic heterocycles. The number of nitrogens with one attached hydrogen (secondary N) is 1. The van der Waals surface area contributed by atoms with Crippen molar-refractivity contribution in [2.75, 3.05) is 6.61 Å². The minimum atomic E-state index is -0.692. The van der Waals surface area contributed by atoms with Gasteiger partial charge in [-0.25, -0.2) is 8.78 Å². The Morgan fingerprint density at radius 1 is 1.43 bits per heavy atom. The molecule has 1 aromatic heterocycles. The molecule has 0 saturated carbocycles. The van der Waals surface area contributed by atoms with E-state index in [9.17, 15) is 8.78 Å². The Morgan fingerprint density at radius 3 is 2.93 bits per heavy atom. The molecule has 74 valence electrons. The van der Waals surface area contributed by atoms with Crippen molar-refractivity contribution in [3.8, 4) is 6.01 Å². The van der Waals surface area contributed by atoms with Crippen LogP contribution in [0.2, 0.25) is 0 Å². The van der Waals surface area contributed by atoms with E-state index in [1.54, 1.807) is 6.92 Å². The first-order valence-corrected chi connectivity index (χ1v) is 4.18. The van der Waals surface area contributed by atoms with Crippen molar-refractivity contribution in [3.05, 3.63) is 23.8 Å². The van der Waals surface area contributed by atoms with E-state index in [1.165, 1.54) is 6.07 Å². The number of benzene rings is 1. The fourth-order valence-corrected chi connectivity index (χ4v) is 1.22. The summed E-state index contributed by atoms with van der Waals surface area (Å²) in [6.45, 7) is 2.20. The molecule has 14 heavy (non-hydrogen) atoms. The standard InChI is InChI=1S/C9H8F2N2O/c1-2-14-9-12-7-4-5(10)3-6(11)8(7)13-9/h3-4H,2H2,1H3,(H,12,13). The zero-order valence-electron chi connectivity index (χ0n) is 7.47. The summed E-state index contributed by atoms with van der Waals surface area (Å²) >= 11 is 0. The van der Waals surface area contributed by atoms with E-state index in [1.807, 2.05) is 0 Å². The van der Waals surface area contributed by atoms with Gasteiger partial charge in [-0.15, -0.1) is 0 Å². The van der Waals surface area contributed by atoms with E-state index < -0.39 is 11.6 Å². The Morgan fingerprint density at radius 2 is 2.21 bits per heavy atom. The number of aromatic nitrogens is 2. The number of nitrogens with zero attached hydrogens (tertiary/aromatic N) is 1. The van der Waals surface area contributed by atoms with Crippen LogP contribution >= 0.6 is 0 Å². The molecule has 0 aliphatic rings. The lowest BCUT2D eigenvalue weighted by atomic mass is 10.3. The highest BCUT2D eigenvalue weighted by atomic mass is 19.1. The molecule has 2 rings (SSSR count). The van der Waals surface area contributed by atoms with Crippen molar-refractivity contribution in [3.63, 3.8) is 0 Å². The first-order valence-electron chi connectivity index (χ1n) is 4.18. The lowest BCUT2D eigenvalue weighted by Gasteiger charge is -1.93. The summed E-state index contributed by atoms with van der Waals surface area (Å²) in [6, 6.07) is 2.17. The summed E-state index contributed by atoms with van der Waals surface area (Å²) in [6.07, 6.45) is 0. The van der Waals surface area contributed by atoms with Gasteiger partial charge in [-0.2, -0.15) is 4.98 Å². The van der Waals surface area contributed by atoms with Crippen molar-refractivity contribution < 1.29 is 13.5 Å². The monoisotopic (exact) mass is 198 g/mol. The second-order valence-corrected chi connectivity index (χ2v) is 2.76. The van der Waals surface area contributed by atoms with Crippen LogP contribution in [0.3, 0.4) is 0 Å². The van der Waals surface area contributed by atoms with Gasteiger partial charge in [0.25, 0.3) is 6.01 Å². The van der Waals surface area contributed by atoms with Gasteiger partial charge in [-0.3, -0.25) is 0 Å². The van der Waals surface area contributed by atoms with Crippen molar-refractivity contribution >= 4 is 11.0 Å². The summed E-state index contributed by atoms with van der Waals surface area (Å²) in [4.78, 5) is 6.49. The third-order valence-electron chi connectivity index (χ3n) is 1.76. The molecule has 5 heteroatoms. The topological polar surface area (TPSA) is 37.9 Å². The molecule has 1 N–H and O–H groups in total. The molecule has 0 amide bonds. The van der Waals surface area contributed by atoms with E-state index in [0.717, 1.165) is 6.07 Å².